The number of aromatic nitrogens is 1. The van der Waals surface area contributed by atoms with Crippen LogP contribution in [0.1, 0.15) is 30.6 Å². The summed E-state index contributed by atoms with van der Waals surface area (Å²) in [6.45, 7) is 3.03. The van der Waals surface area contributed by atoms with Crippen LogP contribution in [0.5, 0.6) is 0 Å². The van der Waals surface area contributed by atoms with E-state index in [1.165, 1.54) is 27.7 Å². The standard InChI is InChI=1S/C18H18N2O/c1-2-10-9-20-15-7-12(10)18(21)16(20)8-13-11-5-3-4-6-14(11)19-17(13)15/h2-6,12,15-16,19H,7-9H2,1H3/b10-2+/t12?,15-,16-/m0/s1. The number of hydrogen-bond donors (Lipinski definition) is 1. The Morgan fingerprint density at radius 1 is 1.29 bits per heavy atom. The van der Waals surface area contributed by atoms with Gasteiger partial charge in [0.2, 0.25) is 0 Å². The minimum Gasteiger partial charge on any atom is -0.357 e. The van der Waals surface area contributed by atoms with E-state index in [0.717, 1.165) is 19.4 Å². The van der Waals surface area contributed by atoms with Crippen molar-refractivity contribution in [3.63, 3.8) is 0 Å². The minimum absolute atomic E-state index is 0.101. The first-order valence-electron chi connectivity index (χ1n) is 7.82. The number of piperidine rings is 3. The second kappa shape index (κ2) is 3.86. The molecule has 3 nitrogen and oxygen atoms in total. The van der Waals surface area contributed by atoms with Crippen LogP contribution in [0.3, 0.4) is 0 Å². The number of allylic oxidation sites excluding steroid dienone is 1. The van der Waals surface area contributed by atoms with E-state index in [9.17, 15) is 4.79 Å². The van der Waals surface area contributed by atoms with Crippen molar-refractivity contribution in [2.75, 3.05) is 6.54 Å². The van der Waals surface area contributed by atoms with E-state index in [1.54, 1.807) is 0 Å². The molecule has 4 aliphatic heterocycles. The number of para-hydroxylation sites is 1. The molecular weight excluding hydrogens is 260 g/mol. The summed E-state index contributed by atoms with van der Waals surface area (Å²) in [7, 11) is 0. The average molecular weight is 278 g/mol. The molecule has 5 heterocycles. The van der Waals surface area contributed by atoms with Gasteiger partial charge in [0.05, 0.1) is 12.1 Å². The molecule has 4 aliphatic rings. The zero-order chi connectivity index (χ0) is 14.1. The number of H-pyrrole nitrogens is 1. The van der Waals surface area contributed by atoms with Crippen LogP contribution in [0.2, 0.25) is 0 Å². The smallest absolute Gasteiger partial charge is 0.157 e. The van der Waals surface area contributed by atoms with Crippen LogP contribution in [0.4, 0.5) is 0 Å². The molecule has 0 radical (unpaired) electrons. The molecule has 1 aromatic heterocycles. The number of benzene rings is 1. The van der Waals surface area contributed by atoms with Gasteiger partial charge in [0, 0.05) is 29.1 Å². The fraction of sp³-hybridized carbons (Fsp3) is 0.389. The first kappa shape index (κ1) is 11.8. The number of hydrogen-bond acceptors (Lipinski definition) is 2. The number of rotatable bonds is 0. The van der Waals surface area contributed by atoms with Gasteiger partial charge in [0.1, 0.15) is 0 Å². The summed E-state index contributed by atoms with van der Waals surface area (Å²) in [6.07, 6.45) is 3.98. The Hall–Kier alpha value is -1.87. The molecule has 0 aliphatic carbocycles. The number of nitrogens with one attached hydrogen (secondary N) is 1. The number of nitrogens with zero attached hydrogens (tertiary/aromatic N) is 1. The highest BCUT2D eigenvalue weighted by Gasteiger charge is 2.52. The molecule has 4 bridgehead atoms. The molecule has 2 unspecified atom stereocenters. The monoisotopic (exact) mass is 278 g/mol. The first-order valence-corrected chi connectivity index (χ1v) is 7.82. The zero-order valence-corrected chi connectivity index (χ0v) is 12.1. The number of aromatic amines is 1. The van der Waals surface area contributed by atoms with E-state index in [1.807, 2.05) is 0 Å². The van der Waals surface area contributed by atoms with Crippen molar-refractivity contribution in [3.8, 4) is 0 Å². The maximum Gasteiger partial charge on any atom is 0.157 e. The van der Waals surface area contributed by atoms with Gasteiger partial charge in [0.15, 0.2) is 5.78 Å². The van der Waals surface area contributed by atoms with Crippen LogP contribution in [0.15, 0.2) is 35.9 Å². The summed E-state index contributed by atoms with van der Waals surface area (Å²) in [6, 6.07) is 8.99. The largest absolute Gasteiger partial charge is 0.357 e. The predicted octanol–water partition coefficient (Wildman–Crippen LogP) is 2.98. The van der Waals surface area contributed by atoms with Crippen molar-refractivity contribution in [2.45, 2.75) is 31.8 Å². The predicted molar refractivity (Wildman–Crippen MR) is 82.1 cm³/mol. The van der Waals surface area contributed by atoms with Gasteiger partial charge >= 0.3 is 0 Å². The van der Waals surface area contributed by atoms with E-state index in [4.69, 9.17) is 0 Å². The second-order valence-corrected chi connectivity index (χ2v) is 6.53. The van der Waals surface area contributed by atoms with Crippen molar-refractivity contribution in [1.29, 1.82) is 0 Å². The van der Waals surface area contributed by atoms with Gasteiger partial charge in [0.25, 0.3) is 0 Å². The third kappa shape index (κ3) is 1.35. The Morgan fingerprint density at radius 2 is 2.14 bits per heavy atom. The number of Topliss-reactive ketones (excluding diaryl/α,β-unsaturated/α-hetero) is 1. The maximum atomic E-state index is 12.7. The average Bonchev–Trinajstić information content (AvgIpc) is 2.89. The van der Waals surface area contributed by atoms with Crippen molar-refractivity contribution in [3.05, 3.63) is 47.2 Å². The Balaban J connectivity index is 1.72. The van der Waals surface area contributed by atoms with E-state index >= 15 is 0 Å². The van der Waals surface area contributed by atoms with Gasteiger partial charge < -0.3 is 4.98 Å². The molecule has 3 fully saturated rings. The normalized spacial score (nSPS) is 35.5. The topological polar surface area (TPSA) is 36.1 Å². The van der Waals surface area contributed by atoms with Gasteiger partial charge in [-0.25, -0.2) is 0 Å². The molecule has 2 aromatic rings. The fourth-order valence-electron chi connectivity index (χ4n) is 4.68. The van der Waals surface area contributed by atoms with Gasteiger partial charge in [-0.1, -0.05) is 24.3 Å². The Labute approximate surface area is 123 Å². The van der Waals surface area contributed by atoms with Crippen molar-refractivity contribution < 1.29 is 4.79 Å². The third-order valence-electron chi connectivity index (χ3n) is 5.69. The highest BCUT2D eigenvalue weighted by atomic mass is 16.1. The number of carbonyl (C=O) groups is 1. The summed E-state index contributed by atoms with van der Waals surface area (Å²) in [5.41, 5.74) is 5.28. The van der Waals surface area contributed by atoms with Crippen LogP contribution in [0, 0.1) is 5.92 Å². The third-order valence-corrected chi connectivity index (χ3v) is 5.69. The molecule has 1 aromatic carbocycles. The molecule has 106 valence electrons. The highest BCUT2D eigenvalue weighted by Crippen LogP contribution is 2.50. The number of fused-ring (bicyclic) bond motifs is 4. The lowest BCUT2D eigenvalue weighted by Gasteiger charge is -2.53. The van der Waals surface area contributed by atoms with E-state index in [2.05, 4.69) is 47.1 Å². The van der Waals surface area contributed by atoms with Crippen LogP contribution in [-0.4, -0.2) is 28.3 Å². The van der Waals surface area contributed by atoms with Gasteiger partial charge in [-0.2, -0.15) is 0 Å². The maximum absolute atomic E-state index is 12.7. The molecule has 3 saturated heterocycles. The molecule has 3 heteroatoms. The molecular formula is C18H18N2O. The zero-order valence-electron chi connectivity index (χ0n) is 12.1. The lowest BCUT2D eigenvalue weighted by Crippen LogP contribution is -2.60. The quantitative estimate of drug-likeness (QED) is 0.752. The molecule has 4 atom stereocenters. The van der Waals surface area contributed by atoms with Gasteiger partial charge in [-0.05, 0) is 37.0 Å². The Bertz CT molecular complexity index is 801. The lowest BCUT2D eigenvalue weighted by molar-refractivity contribution is -0.137. The highest BCUT2D eigenvalue weighted by molar-refractivity contribution is 5.94. The molecule has 0 saturated carbocycles. The van der Waals surface area contributed by atoms with Gasteiger partial charge in [-0.3, -0.25) is 9.69 Å². The molecule has 1 N–H and O–H groups in total. The van der Waals surface area contributed by atoms with Crippen LogP contribution in [0.25, 0.3) is 10.9 Å². The summed E-state index contributed by atoms with van der Waals surface area (Å²) in [4.78, 5) is 18.8. The molecule has 0 amide bonds. The van der Waals surface area contributed by atoms with Crippen LogP contribution < -0.4 is 0 Å². The SMILES string of the molecule is C/C=C1\CN2[C@H]3Cc4c([nH]c5ccccc45)[C@@H]2CC1C3=O. The molecule has 0 spiro atoms. The Morgan fingerprint density at radius 3 is 3.00 bits per heavy atom. The second-order valence-electron chi connectivity index (χ2n) is 6.53. The number of carbonyl (C=O) groups excluding carboxylic acids is 1. The van der Waals surface area contributed by atoms with E-state index < -0.39 is 0 Å². The summed E-state index contributed by atoms with van der Waals surface area (Å²) >= 11 is 0. The Kier molecular flexibility index (Phi) is 2.16. The van der Waals surface area contributed by atoms with Crippen LogP contribution in [-0.2, 0) is 11.2 Å². The summed E-state index contributed by atoms with van der Waals surface area (Å²) in [5, 5.41) is 1.31. The molecule has 6 rings (SSSR count). The minimum atomic E-state index is 0.101. The lowest BCUT2D eigenvalue weighted by atomic mass is 9.69. The van der Waals surface area contributed by atoms with E-state index in [-0.39, 0.29) is 12.0 Å². The fourth-order valence-corrected chi connectivity index (χ4v) is 4.68. The van der Waals surface area contributed by atoms with Gasteiger partial charge in [-0.15, -0.1) is 0 Å². The van der Waals surface area contributed by atoms with Crippen molar-refractivity contribution >= 4 is 16.7 Å². The summed E-state index contributed by atoms with van der Waals surface area (Å²) in [5.74, 6) is 0.607. The first-order chi connectivity index (χ1) is 10.3. The van der Waals surface area contributed by atoms with Crippen LogP contribution >= 0.6 is 0 Å². The number of ketones is 1. The van der Waals surface area contributed by atoms with Crippen molar-refractivity contribution in [2.24, 2.45) is 5.92 Å². The molecule has 21 heavy (non-hydrogen) atoms. The summed E-state index contributed by atoms with van der Waals surface area (Å²) < 4.78 is 0. The van der Waals surface area contributed by atoms with Crippen molar-refractivity contribution in [1.82, 2.24) is 9.88 Å². The van der Waals surface area contributed by atoms with E-state index in [0.29, 0.717) is 11.8 Å².